The Labute approximate surface area is 153 Å². The molecule has 26 heavy (non-hydrogen) atoms. The predicted molar refractivity (Wildman–Crippen MR) is 99.5 cm³/mol. The number of H-pyrrole nitrogens is 1. The zero-order valence-electron chi connectivity index (χ0n) is 15.7. The maximum Gasteiger partial charge on any atom is 0.319 e. The fourth-order valence-corrected chi connectivity index (χ4v) is 6.25. The van der Waals surface area contributed by atoms with Crippen molar-refractivity contribution in [3.05, 3.63) is 29.5 Å². The van der Waals surface area contributed by atoms with Crippen LogP contribution in [0.2, 0.25) is 0 Å². The van der Waals surface area contributed by atoms with Crippen LogP contribution >= 0.6 is 0 Å². The lowest BCUT2D eigenvalue weighted by Gasteiger charge is -2.34. The molecule has 5 nitrogen and oxygen atoms in total. The summed E-state index contributed by atoms with van der Waals surface area (Å²) in [5.41, 5.74) is 2.93. The van der Waals surface area contributed by atoms with Crippen LogP contribution in [0.25, 0.3) is 10.9 Å². The van der Waals surface area contributed by atoms with Gasteiger partial charge in [-0.05, 0) is 48.4 Å². The first kappa shape index (κ1) is 16.2. The van der Waals surface area contributed by atoms with Gasteiger partial charge < -0.3 is 14.5 Å². The molecule has 5 heteroatoms. The molecule has 2 fully saturated rings. The fraction of sp³-hybridized carbons (Fsp3) is 0.571. The highest BCUT2D eigenvalue weighted by Crippen LogP contribution is 2.59. The number of nitrogens with zero attached hydrogens (tertiary/aromatic N) is 1. The molecule has 3 heterocycles. The van der Waals surface area contributed by atoms with Crippen LogP contribution in [0, 0.1) is 11.8 Å². The third-order valence-electron chi connectivity index (χ3n) is 7.22. The Morgan fingerprint density at radius 2 is 2.23 bits per heavy atom. The van der Waals surface area contributed by atoms with Crippen LogP contribution in [-0.4, -0.2) is 49.2 Å². The first-order valence-electron chi connectivity index (χ1n) is 9.66. The number of hydrogen-bond acceptors (Lipinski definition) is 4. The average molecular weight is 354 g/mol. The highest BCUT2D eigenvalue weighted by Gasteiger charge is 2.69. The van der Waals surface area contributed by atoms with Gasteiger partial charge in [0.25, 0.3) is 0 Å². The topological polar surface area (TPSA) is 54.6 Å². The third kappa shape index (κ3) is 1.77. The number of aromatic amines is 1. The summed E-state index contributed by atoms with van der Waals surface area (Å²) in [5.74, 6) is 1.68. The minimum atomic E-state index is -0.548. The molecule has 1 aromatic carbocycles. The number of fused-ring (bicyclic) bond motifs is 3. The Morgan fingerprint density at radius 1 is 1.38 bits per heavy atom. The molecule has 2 aliphatic heterocycles. The smallest absolute Gasteiger partial charge is 0.319 e. The molecule has 2 aromatic rings. The number of aromatic nitrogens is 1. The average Bonchev–Trinajstić information content (AvgIpc) is 3.26. The number of carbonyl (C=O) groups excluding carboxylic acids is 1. The number of hydrogen-bond donors (Lipinski definition) is 1. The molecule has 5 rings (SSSR count). The lowest BCUT2D eigenvalue weighted by Crippen LogP contribution is -2.49. The van der Waals surface area contributed by atoms with Crippen molar-refractivity contribution in [1.29, 1.82) is 0 Å². The van der Waals surface area contributed by atoms with E-state index in [1.165, 1.54) is 18.1 Å². The summed E-state index contributed by atoms with van der Waals surface area (Å²) in [6, 6.07) is 6.40. The number of benzene rings is 1. The van der Waals surface area contributed by atoms with E-state index >= 15 is 0 Å². The van der Waals surface area contributed by atoms with E-state index in [0.717, 1.165) is 49.3 Å². The van der Waals surface area contributed by atoms with Crippen LogP contribution in [0.4, 0.5) is 0 Å². The zero-order chi connectivity index (χ0) is 18.1. The molecule has 0 spiro atoms. The number of rotatable bonds is 3. The number of ether oxygens (including phenoxy) is 2. The van der Waals surface area contributed by atoms with Crippen molar-refractivity contribution >= 4 is 16.9 Å². The van der Waals surface area contributed by atoms with Gasteiger partial charge in [-0.1, -0.05) is 13.3 Å². The summed E-state index contributed by atoms with van der Waals surface area (Å²) in [5, 5.41) is 1.18. The molecular formula is C21H26N2O3. The number of methoxy groups -OCH3 is 2. The van der Waals surface area contributed by atoms with Gasteiger partial charge in [0.05, 0.1) is 14.2 Å². The van der Waals surface area contributed by atoms with Crippen molar-refractivity contribution in [3.8, 4) is 5.75 Å². The second-order valence-corrected chi connectivity index (χ2v) is 8.04. The van der Waals surface area contributed by atoms with Gasteiger partial charge in [0.1, 0.15) is 11.2 Å². The fourth-order valence-electron chi connectivity index (χ4n) is 6.25. The quantitative estimate of drug-likeness (QED) is 0.861. The van der Waals surface area contributed by atoms with Gasteiger partial charge >= 0.3 is 5.97 Å². The van der Waals surface area contributed by atoms with Crippen LogP contribution in [0.5, 0.6) is 5.75 Å². The molecule has 0 radical (unpaired) electrons. The Kier molecular flexibility index (Phi) is 3.42. The standard InChI is InChI=1S/C21H26N2O3/c1-4-12-9-13-11-23-8-7-15-16-10-14(25-2)5-6-17(16)22-18(15)21(13,19(12)23)20(24)26-3/h5-6,10,12-13,19,22H,4,7-9,11H2,1-3H3. The summed E-state index contributed by atoms with van der Waals surface area (Å²) in [7, 11) is 3.23. The molecule has 138 valence electrons. The van der Waals surface area contributed by atoms with E-state index in [1.807, 2.05) is 6.07 Å². The first-order chi connectivity index (χ1) is 12.6. The predicted octanol–water partition coefficient (Wildman–Crippen LogP) is 2.87. The molecule has 1 saturated heterocycles. The van der Waals surface area contributed by atoms with Gasteiger partial charge in [0.2, 0.25) is 0 Å². The summed E-state index contributed by atoms with van der Waals surface area (Å²) in [6.07, 6.45) is 3.19. The van der Waals surface area contributed by atoms with E-state index in [1.54, 1.807) is 7.11 Å². The molecule has 3 aliphatic rings. The number of nitrogens with one attached hydrogen (secondary N) is 1. The molecule has 1 aliphatic carbocycles. The molecule has 5 unspecified atom stereocenters. The van der Waals surface area contributed by atoms with Crippen LogP contribution in [0.3, 0.4) is 0 Å². The van der Waals surface area contributed by atoms with E-state index in [9.17, 15) is 4.79 Å². The number of esters is 1. The maximum absolute atomic E-state index is 13.3. The van der Waals surface area contributed by atoms with Crippen molar-refractivity contribution in [2.75, 3.05) is 27.3 Å². The monoisotopic (exact) mass is 354 g/mol. The molecular weight excluding hydrogens is 328 g/mol. The SMILES string of the molecule is CCC1CC2CN3CCc4c([nH]c5ccc(OC)cc45)C2(C(=O)OC)C13. The van der Waals surface area contributed by atoms with E-state index in [0.29, 0.717) is 11.8 Å². The van der Waals surface area contributed by atoms with Gasteiger partial charge in [-0.25, -0.2) is 0 Å². The van der Waals surface area contributed by atoms with Crippen LogP contribution < -0.4 is 4.74 Å². The van der Waals surface area contributed by atoms with Gasteiger partial charge in [-0.15, -0.1) is 0 Å². The van der Waals surface area contributed by atoms with Crippen molar-refractivity contribution in [1.82, 2.24) is 9.88 Å². The normalized spacial score (nSPS) is 34.6. The van der Waals surface area contributed by atoms with Crippen molar-refractivity contribution in [3.63, 3.8) is 0 Å². The number of carbonyl (C=O) groups is 1. The van der Waals surface area contributed by atoms with Gasteiger partial charge in [0.15, 0.2) is 0 Å². The maximum atomic E-state index is 13.3. The van der Waals surface area contributed by atoms with Crippen LogP contribution in [-0.2, 0) is 21.4 Å². The van der Waals surface area contributed by atoms with Crippen LogP contribution in [0.1, 0.15) is 31.0 Å². The highest BCUT2D eigenvalue weighted by molar-refractivity contribution is 5.93. The van der Waals surface area contributed by atoms with Crippen molar-refractivity contribution in [2.45, 2.75) is 37.6 Å². The van der Waals surface area contributed by atoms with E-state index in [-0.39, 0.29) is 12.0 Å². The van der Waals surface area contributed by atoms with Crippen molar-refractivity contribution in [2.24, 2.45) is 11.8 Å². The van der Waals surface area contributed by atoms with Gasteiger partial charge in [0, 0.05) is 35.7 Å². The molecule has 4 bridgehead atoms. The molecule has 0 amide bonds. The summed E-state index contributed by atoms with van der Waals surface area (Å²) in [4.78, 5) is 19.5. The lowest BCUT2D eigenvalue weighted by atomic mass is 9.73. The lowest BCUT2D eigenvalue weighted by molar-refractivity contribution is -0.149. The van der Waals surface area contributed by atoms with E-state index in [2.05, 4.69) is 28.9 Å². The van der Waals surface area contributed by atoms with Gasteiger partial charge in [-0.3, -0.25) is 9.69 Å². The van der Waals surface area contributed by atoms with E-state index < -0.39 is 5.41 Å². The molecule has 1 N–H and O–H groups in total. The minimum Gasteiger partial charge on any atom is -0.497 e. The third-order valence-corrected chi connectivity index (χ3v) is 7.22. The Hall–Kier alpha value is -2.01. The second kappa shape index (κ2) is 5.49. The van der Waals surface area contributed by atoms with Crippen molar-refractivity contribution < 1.29 is 14.3 Å². The summed E-state index contributed by atoms with van der Waals surface area (Å²) >= 11 is 0. The summed E-state index contributed by atoms with van der Waals surface area (Å²) < 4.78 is 10.9. The van der Waals surface area contributed by atoms with Crippen LogP contribution in [0.15, 0.2) is 18.2 Å². The Bertz CT molecular complexity index is 889. The highest BCUT2D eigenvalue weighted by atomic mass is 16.5. The summed E-state index contributed by atoms with van der Waals surface area (Å²) in [6.45, 7) is 4.27. The first-order valence-corrected chi connectivity index (χ1v) is 9.66. The molecule has 1 saturated carbocycles. The second-order valence-electron chi connectivity index (χ2n) is 8.04. The largest absolute Gasteiger partial charge is 0.497 e. The Morgan fingerprint density at radius 3 is 2.96 bits per heavy atom. The zero-order valence-corrected chi connectivity index (χ0v) is 15.7. The molecule has 1 aromatic heterocycles. The molecule has 5 atom stereocenters. The van der Waals surface area contributed by atoms with Gasteiger partial charge in [-0.2, -0.15) is 0 Å². The Balaban J connectivity index is 1.80. The number of piperidine rings is 1. The minimum absolute atomic E-state index is 0.0624. The van der Waals surface area contributed by atoms with E-state index in [4.69, 9.17) is 9.47 Å².